The van der Waals surface area contributed by atoms with Crippen LogP contribution in [-0.4, -0.2) is 23.3 Å². The fourth-order valence-electron chi connectivity index (χ4n) is 2.16. The van der Waals surface area contributed by atoms with Crippen LogP contribution in [0.5, 0.6) is 11.5 Å². The monoisotopic (exact) mass is 207 g/mol. The van der Waals surface area contributed by atoms with Gasteiger partial charge in [-0.3, -0.25) is 0 Å². The first-order valence-corrected chi connectivity index (χ1v) is 5.42. The Morgan fingerprint density at radius 2 is 2.13 bits per heavy atom. The molecular formula is C12H17NO2. The van der Waals surface area contributed by atoms with E-state index in [2.05, 4.69) is 5.32 Å². The Kier molecular flexibility index (Phi) is 2.82. The van der Waals surface area contributed by atoms with Crippen LogP contribution in [0.4, 0.5) is 0 Å². The maximum Gasteiger partial charge on any atom is 0.125 e. The summed E-state index contributed by atoms with van der Waals surface area (Å²) in [5, 5.41) is 22.7. The van der Waals surface area contributed by atoms with E-state index in [0.717, 1.165) is 31.5 Å². The molecular weight excluding hydrogens is 190 g/mol. The van der Waals surface area contributed by atoms with Crippen molar-refractivity contribution in [1.29, 1.82) is 0 Å². The summed E-state index contributed by atoms with van der Waals surface area (Å²) in [7, 11) is 0. The molecule has 0 aliphatic carbocycles. The summed E-state index contributed by atoms with van der Waals surface area (Å²) in [6, 6.07) is 3.49. The highest BCUT2D eigenvalue weighted by atomic mass is 16.3. The molecule has 1 saturated heterocycles. The van der Waals surface area contributed by atoms with Crippen LogP contribution in [0.1, 0.15) is 29.9 Å². The lowest BCUT2D eigenvalue weighted by Gasteiger charge is -2.24. The minimum absolute atomic E-state index is 0.167. The maximum atomic E-state index is 9.94. The molecule has 82 valence electrons. The van der Waals surface area contributed by atoms with Crippen LogP contribution in [0.2, 0.25) is 0 Å². The summed E-state index contributed by atoms with van der Waals surface area (Å²) in [6.07, 6.45) is 2.24. The summed E-state index contributed by atoms with van der Waals surface area (Å²) in [5.41, 5.74) is 1.54. The van der Waals surface area contributed by atoms with E-state index in [1.165, 1.54) is 0 Å². The van der Waals surface area contributed by atoms with Crippen molar-refractivity contribution in [3.8, 4) is 11.5 Å². The standard InChI is InChI=1S/C12H17NO2/c1-8-11(14)5-4-10(12(8)15)9-3-2-6-13-7-9/h4-5,9,13-15H,2-3,6-7H2,1H3. The molecule has 0 bridgehead atoms. The normalized spacial score (nSPS) is 21.5. The Hall–Kier alpha value is -1.22. The van der Waals surface area contributed by atoms with Gasteiger partial charge in [-0.1, -0.05) is 6.07 Å². The minimum atomic E-state index is 0.167. The number of piperidine rings is 1. The molecule has 1 atom stereocenters. The van der Waals surface area contributed by atoms with Crippen molar-refractivity contribution in [3.63, 3.8) is 0 Å². The Balaban J connectivity index is 2.31. The van der Waals surface area contributed by atoms with Crippen molar-refractivity contribution in [1.82, 2.24) is 5.32 Å². The quantitative estimate of drug-likeness (QED) is 0.659. The highest BCUT2D eigenvalue weighted by Gasteiger charge is 2.19. The number of phenols is 2. The van der Waals surface area contributed by atoms with Crippen LogP contribution in [0.25, 0.3) is 0 Å². The predicted octanol–water partition coefficient (Wildman–Crippen LogP) is 1.87. The lowest BCUT2D eigenvalue weighted by Crippen LogP contribution is -2.28. The molecule has 0 spiro atoms. The molecule has 1 unspecified atom stereocenters. The Morgan fingerprint density at radius 3 is 2.80 bits per heavy atom. The van der Waals surface area contributed by atoms with Gasteiger partial charge in [0.25, 0.3) is 0 Å². The third-order valence-electron chi connectivity index (χ3n) is 3.17. The van der Waals surface area contributed by atoms with Gasteiger partial charge in [0.05, 0.1) is 0 Å². The van der Waals surface area contributed by atoms with Crippen molar-refractivity contribution in [2.75, 3.05) is 13.1 Å². The van der Waals surface area contributed by atoms with Gasteiger partial charge in [-0.05, 0) is 37.9 Å². The minimum Gasteiger partial charge on any atom is -0.508 e. The first-order valence-electron chi connectivity index (χ1n) is 5.42. The first-order chi connectivity index (χ1) is 7.20. The summed E-state index contributed by atoms with van der Waals surface area (Å²) in [6.45, 7) is 3.72. The molecule has 0 saturated carbocycles. The van der Waals surface area contributed by atoms with E-state index in [1.54, 1.807) is 13.0 Å². The van der Waals surface area contributed by atoms with Gasteiger partial charge >= 0.3 is 0 Å². The van der Waals surface area contributed by atoms with Crippen LogP contribution in [-0.2, 0) is 0 Å². The van der Waals surface area contributed by atoms with Crippen molar-refractivity contribution in [3.05, 3.63) is 23.3 Å². The van der Waals surface area contributed by atoms with Gasteiger partial charge < -0.3 is 15.5 Å². The fourth-order valence-corrected chi connectivity index (χ4v) is 2.16. The number of rotatable bonds is 1. The van der Waals surface area contributed by atoms with Crippen LogP contribution in [0, 0.1) is 6.92 Å². The molecule has 3 nitrogen and oxygen atoms in total. The van der Waals surface area contributed by atoms with E-state index in [1.807, 2.05) is 6.07 Å². The fraction of sp³-hybridized carbons (Fsp3) is 0.500. The van der Waals surface area contributed by atoms with Gasteiger partial charge in [-0.2, -0.15) is 0 Å². The van der Waals surface area contributed by atoms with Gasteiger partial charge in [0.2, 0.25) is 0 Å². The van der Waals surface area contributed by atoms with Crippen LogP contribution in [0.3, 0.4) is 0 Å². The van der Waals surface area contributed by atoms with Gasteiger partial charge in [0.1, 0.15) is 11.5 Å². The molecule has 3 N–H and O–H groups in total. The SMILES string of the molecule is Cc1c(O)ccc(C2CCCNC2)c1O. The zero-order chi connectivity index (χ0) is 10.8. The third-order valence-corrected chi connectivity index (χ3v) is 3.17. The third kappa shape index (κ3) is 1.92. The molecule has 0 amide bonds. The molecule has 1 aromatic rings. The van der Waals surface area contributed by atoms with Gasteiger partial charge in [0, 0.05) is 18.0 Å². The number of phenolic OH excluding ortho intramolecular Hbond substituents is 2. The average Bonchev–Trinajstić information content (AvgIpc) is 2.27. The molecule has 2 rings (SSSR count). The molecule has 1 heterocycles. The second kappa shape index (κ2) is 4.11. The van der Waals surface area contributed by atoms with E-state index < -0.39 is 0 Å². The number of benzene rings is 1. The molecule has 0 radical (unpaired) electrons. The summed E-state index contributed by atoms with van der Waals surface area (Å²) >= 11 is 0. The van der Waals surface area contributed by atoms with E-state index >= 15 is 0 Å². The molecule has 1 aliphatic heterocycles. The van der Waals surface area contributed by atoms with E-state index in [0.29, 0.717) is 11.5 Å². The molecule has 3 heteroatoms. The number of nitrogens with one attached hydrogen (secondary N) is 1. The Labute approximate surface area is 89.8 Å². The van der Waals surface area contributed by atoms with E-state index in [-0.39, 0.29) is 11.5 Å². The van der Waals surface area contributed by atoms with Crippen LogP contribution < -0.4 is 5.32 Å². The van der Waals surface area contributed by atoms with Crippen LogP contribution >= 0.6 is 0 Å². The lowest BCUT2D eigenvalue weighted by atomic mass is 9.90. The largest absolute Gasteiger partial charge is 0.508 e. The molecule has 1 aromatic carbocycles. The average molecular weight is 207 g/mol. The molecule has 1 fully saturated rings. The van der Waals surface area contributed by atoms with Crippen LogP contribution in [0.15, 0.2) is 12.1 Å². The van der Waals surface area contributed by atoms with E-state index in [4.69, 9.17) is 0 Å². The summed E-state index contributed by atoms with van der Waals surface area (Å²) in [4.78, 5) is 0. The lowest BCUT2D eigenvalue weighted by molar-refractivity contribution is 0.413. The number of hydrogen-bond acceptors (Lipinski definition) is 3. The van der Waals surface area contributed by atoms with Gasteiger partial charge in [0.15, 0.2) is 0 Å². The zero-order valence-corrected chi connectivity index (χ0v) is 8.95. The van der Waals surface area contributed by atoms with Gasteiger partial charge in [-0.15, -0.1) is 0 Å². The first kappa shape index (κ1) is 10.3. The van der Waals surface area contributed by atoms with E-state index in [9.17, 15) is 10.2 Å². The van der Waals surface area contributed by atoms with Gasteiger partial charge in [-0.25, -0.2) is 0 Å². The molecule has 15 heavy (non-hydrogen) atoms. The topological polar surface area (TPSA) is 52.5 Å². The second-order valence-corrected chi connectivity index (χ2v) is 4.19. The number of aromatic hydroxyl groups is 2. The maximum absolute atomic E-state index is 9.94. The molecule has 0 aromatic heterocycles. The predicted molar refractivity (Wildman–Crippen MR) is 59.4 cm³/mol. The van der Waals surface area contributed by atoms with Crippen molar-refractivity contribution < 1.29 is 10.2 Å². The molecule has 1 aliphatic rings. The highest BCUT2D eigenvalue weighted by Crippen LogP contribution is 2.36. The van der Waals surface area contributed by atoms with Crippen molar-refractivity contribution in [2.45, 2.75) is 25.7 Å². The Morgan fingerprint density at radius 1 is 1.33 bits per heavy atom. The second-order valence-electron chi connectivity index (χ2n) is 4.19. The smallest absolute Gasteiger partial charge is 0.125 e. The zero-order valence-electron chi connectivity index (χ0n) is 8.95. The summed E-state index contributed by atoms with van der Waals surface area (Å²) in [5.74, 6) is 0.793. The number of hydrogen-bond donors (Lipinski definition) is 3. The summed E-state index contributed by atoms with van der Waals surface area (Å²) < 4.78 is 0. The Bertz CT molecular complexity index is 357. The van der Waals surface area contributed by atoms with Crippen molar-refractivity contribution >= 4 is 0 Å². The van der Waals surface area contributed by atoms with Crippen molar-refractivity contribution in [2.24, 2.45) is 0 Å². The highest BCUT2D eigenvalue weighted by molar-refractivity contribution is 5.49.